The van der Waals surface area contributed by atoms with Crippen molar-refractivity contribution in [2.75, 3.05) is 20.2 Å². The highest BCUT2D eigenvalue weighted by atomic mass is 127. The summed E-state index contributed by atoms with van der Waals surface area (Å²) in [6.45, 7) is 3.02. The van der Waals surface area contributed by atoms with E-state index < -0.39 is 11.7 Å². The Morgan fingerprint density at radius 2 is 1.58 bits per heavy atom. The second-order valence-electron chi connectivity index (χ2n) is 6.37. The number of methoxy groups -OCH3 is 1. The first-order valence-corrected chi connectivity index (χ1v) is 9.39. The third-order valence-electron chi connectivity index (χ3n) is 4.11. The minimum atomic E-state index is -4.36. The topological polar surface area (TPSA) is 74.8 Å². The second-order valence-corrected chi connectivity index (χ2v) is 6.37. The zero-order chi connectivity index (χ0) is 22.0. The molecule has 0 unspecified atom stereocenters. The normalized spacial score (nSPS) is 11.3. The number of rotatable bonds is 8. The van der Waals surface area contributed by atoms with E-state index in [1.165, 1.54) is 12.1 Å². The maximum Gasteiger partial charge on any atom is 0.416 e. The summed E-state index contributed by atoms with van der Waals surface area (Å²) in [5.74, 6) is 0.925. The van der Waals surface area contributed by atoms with Crippen molar-refractivity contribution in [3.05, 3.63) is 65.2 Å². The molecule has 0 spiro atoms. The molecule has 0 aliphatic carbocycles. The van der Waals surface area contributed by atoms with Gasteiger partial charge in [0.15, 0.2) is 5.96 Å². The summed E-state index contributed by atoms with van der Waals surface area (Å²) in [5.41, 5.74) is 0.866. The lowest BCUT2D eigenvalue weighted by Crippen LogP contribution is -2.43. The summed E-state index contributed by atoms with van der Waals surface area (Å²) in [6.07, 6.45) is -4.36. The molecular formula is C21H26F3IN4O2. The molecule has 6 nitrogen and oxygen atoms in total. The zero-order valence-corrected chi connectivity index (χ0v) is 19.6. The van der Waals surface area contributed by atoms with Gasteiger partial charge in [-0.25, -0.2) is 4.99 Å². The van der Waals surface area contributed by atoms with E-state index in [0.717, 1.165) is 23.4 Å². The predicted molar refractivity (Wildman–Crippen MR) is 125 cm³/mol. The lowest BCUT2D eigenvalue weighted by Gasteiger charge is -2.12. The number of amides is 1. The number of hydrogen-bond acceptors (Lipinski definition) is 3. The van der Waals surface area contributed by atoms with E-state index in [0.29, 0.717) is 24.6 Å². The second kappa shape index (κ2) is 13.0. The first kappa shape index (κ1) is 26.5. The molecule has 0 heterocycles. The average molecular weight is 550 g/mol. The summed E-state index contributed by atoms with van der Waals surface area (Å²) >= 11 is 0. The number of halogens is 4. The van der Waals surface area contributed by atoms with Crippen LogP contribution in [0.1, 0.15) is 23.6 Å². The van der Waals surface area contributed by atoms with Gasteiger partial charge in [-0.2, -0.15) is 13.2 Å². The lowest BCUT2D eigenvalue weighted by atomic mass is 10.1. The molecule has 2 rings (SSSR count). The summed E-state index contributed by atoms with van der Waals surface area (Å²) in [4.78, 5) is 16.4. The predicted octanol–water partition coefficient (Wildman–Crippen LogP) is 3.70. The minimum absolute atomic E-state index is 0. The Morgan fingerprint density at radius 3 is 2.13 bits per heavy atom. The number of carbonyl (C=O) groups is 1. The van der Waals surface area contributed by atoms with Crippen LogP contribution in [0.2, 0.25) is 0 Å². The molecule has 2 aromatic rings. The standard InChI is InChI=1S/C21H25F3N4O2.HI/c1-3-25-20(27-13-15-4-8-17(9-5-15)21(22,23)24)28-14-19(29)26-12-16-6-10-18(30-2)11-7-16;/h4-11H,3,12-14H2,1-2H3,(H,26,29)(H2,25,27,28);1H. The van der Waals surface area contributed by atoms with E-state index in [9.17, 15) is 18.0 Å². The number of aliphatic imine (C=N–C) groups is 1. The molecule has 0 atom stereocenters. The number of hydrogen-bond donors (Lipinski definition) is 3. The van der Waals surface area contributed by atoms with Crippen LogP contribution in [-0.4, -0.2) is 32.1 Å². The van der Waals surface area contributed by atoms with Crippen molar-refractivity contribution in [1.82, 2.24) is 16.0 Å². The Bertz CT molecular complexity index is 841. The quantitative estimate of drug-likeness (QED) is 0.266. The highest BCUT2D eigenvalue weighted by molar-refractivity contribution is 14.0. The summed E-state index contributed by atoms with van der Waals surface area (Å²) in [6, 6.07) is 12.2. The molecule has 0 aliphatic rings. The number of nitrogens with zero attached hydrogens (tertiary/aromatic N) is 1. The average Bonchev–Trinajstić information content (AvgIpc) is 2.74. The fourth-order valence-corrected chi connectivity index (χ4v) is 2.48. The van der Waals surface area contributed by atoms with Crippen molar-refractivity contribution in [2.45, 2.75) is 26.2 Å². The van der Waals surface area contributed by atoms with Crippen molar-refractivity contribution in [3.63, 3.8) is 0 Å². The Morgan fingerprint density at radius 1 is 0.968 bits per heavy atom. The Hall–Kier alpha value is -2.50. The minimum Gasteiger partial charge on any atom is -0.497 e. The number of benzene rings is 2. The number of guanidine groups is 1. The molecule has 1 amide bonds. The van der Waals surface area contributed by atoms with Gasteiger partial charge in [0.05, 0.1) is 25.8 Å². The van der Waals surface area contributed by atoms with E-state index in [4.69, 9.17) is 4.74 Å². The van der Waals surface area contributed by atoms with Crippen LogP contribution < -0.4 is 20.7 Å². The molecule has 31 heavy (non-hydrogen) atoms. The van der Waals surface area contributed by atoms with Crippen molar-refractivity contribution in [3.8, 4) is 5.75 Å². The highest BCUT2D eigenvalue weighted by Gasteiger charge is 2.29. The van der Waals surface area contributed by atoms with Crippen LogP contribution in [-0.2, 0) is 24.1 Å². The monoisotopic (exact) mass is 550 g/mol. The third kappa shape index (κ3) is 9.45. The van der Waals surface area contributed by atoms with Crippen molar-refractivity contribution >= 4 is 35.8 Å². The van der Waals surface area contributed by atoms with Gasteiger partial charge in [-0.15, -0.1) is 24.0 Å². The molecular weight excluding hydrogens is 524 g/mol. The molecule has 0 bridgehead atoms. The number of nitrogens with one attached hydrogen (secondary N) is 3. The van der Waals surface area contributed by atoms with Crippen molar-refractivity contribution in [2.24, 2.45) is 4.99 Å². The van der Waals surface area contributed by atoms with Gasteiger partial charge >= 0.3 is 6.18 Å². The molecule has 0 saturated carbocycles. The van der Waals surface area contributed by atoms with Crippen molar-refractivity contribution in [1.29, 1.82) is 0 Å². The molecule has 2 aromatic carbocycles. The molecule has 170 valence electrons. The largest absolute Gasteiger partial charge is 0.497 e. The van der Waals surface area contributed by atoms with Crippen LogP contribution in [0.15, 0.2) is 53.5 Å². The third-order valence-corrected chi connectivity index (χ3v) is 4.11. The van der Waals surface area contributed by atoms with Gasteiger partial charge in [-0.1, -0.05) is 24.3 Å². The molecule has 3 N–H and O–H groups in total. The first-order chi connectivity index (χ1) is 14.3. The van der Waals surface area contributed by atoms with Gasteiger partial charge < -0.3 is 20.7 Å². The zero-order valence-electron chi connectivity index (χ0n) is 17.3. The van der Waals surface area contributed by atoms with Crippen LogP contribution in [0, 0.1) is 0 Å². The fraction of sp³-hybridized carbons (Fsp3) is 0.333. The maximum absolute atomic E-state index is 12.6. The van der Waals surface area contributed by atoms with Gasteiger partial charge in [0.2, 0.25) is 5.91 Å². The maximum atomic E-state index is 12.6. The number of ether oxygens (including phenoxy) is 1. The Labute approximate surface area is 196 Å². The van der Waals surface area contributed by atoms with Crippen molar-refractivity contribution < 1.29 is 22.7 Å². The molecule has 0 saturated heterocycles. The number of alkyl halides is 3. The van der Waals surface area contributed by atoms with Gasteiger partial charge in [0.25, 0.3) is 0 Å². The molecule has 0 aliphatic heterocycles. The van der Waals surface area contributed by atoms with Gasteiger partial charge in [-0.05, 0) is 42.3 Å². The van der Waals surface area contributed by atoms with Gasteiger partial charge in [-0.3, -0.25) is 4.79 Å². The van der Waals surface area contributed by atoms with E-state index >= 15 is 0 Å². The SMILES string of the molecule is CCNC(=NCc1ccc(C(F)(F)F)cc1)NCC(=O)NCc1ccc(OC)cc1.I. The highest BCUT2D eigenvalue weighted by Crippen LogP contribution is 2.29. The first-order valence-electron chi connectivity index (χ1n) is 9.39. The summed E-state index contributed by atoms with van der Waals surface area (Å²) < 4.78 is 43.0. The smallest absolute Gasteiger partial charge is 0.416 e. The van der Waals surface area contributed by atoms with Crippen LogP contribution in [0.25, 0.3) is 0 Å². The van der Waals surface area contributed by atoms with E-state index in [1.807, 2.05) is 31.2 Å². The van der Waals surface area contributed by atoms with Gasteiger partial charge in [0.1, 0.15) is 5.75 Å². The molecule has 0 radical (unpaired) electrons. The Kier molecular flexibility index (Phi) is 11.2. The number of carbonyl (C=O) groups excluding carboxylic acids is 1. The van der Waals surface area contributed by atoms with Crippen LogP contribution in [0.4, 0.5) is 13.2 Å². The van der Waals surface area contributed by atoms with E-state index in [-0.39, 0.29) is 43.0 Å². The van der Waals surface area contributed by atoms with Gasteiger partial charge in [0, 0.05) is 13.1 Å². The van der Waals surface area contributed by atoms with E-state index in [2.05, 4.69) is 20.9 Å². The van der Waals surface area contributed by atoms with Crippen LogP contribution in [0.5, 0.6) is 5.75 Å². The molecule has 0 aromatic heterocycles. The van der Waals surface area contributed by atoms with Crippen LogP contribution >= 0.6 is 24.0 Å². The summed E-state index contributed by atoms with van der Waals surface area (Å²) in [5, 5.41) is 8.70. The lowest BCUT2D eigenvalue weighted by molar-refractivity contribution is -0.137. The summed E-state index contributed by atoms with van der Waals surface area (Å²) in [7, 11) is 1.59. The molecule has 0 fully saturated rings. The van der Waals surface area contributed by atoms with Crippen LogP contribution in [0.3, 0.4) is 0 Å². The fourth-order valence-electron chi connectivity index (χ4n) is 2.48. The molecule has 10 heteroatoms. The Balaban J connectivity index is 0.00000480. The van der Waals surface area contributed by atoms with E-state index in [1.54, 1.807) is 7.11 Å².